The van der Waals surface area contributed by atoms with Crippen molar-refractivity contribution in [2.24, 2.45) is 0 Å². The first-order chi connectivity index (χ1) is 7.81. The summed E-state index contributed by atoms with van der Waals surface area (Å²) in [5.41, 5.74) is 1.95. The summed E-state index contributed by atoms with van der Waals surface area (Å²) in [7, 11) is 0. The van der Waals surface area contributed by atoms with Crippen LogP contribution in [-0.2, 0) is 0 Å². The van der Waals surface area contributed by atoms with Crippen LogP contribution in [0.3, 0.4) is 0 Å². The molecule has 0 fully saturated rings. The quantitative estimate of drug-likeness (QED) is 0.881. The van der Waals surface area contributed by atoms with E-state index in [2.05, 4.69) is 39.5 Å². The molecule has 2 aromatic rings. The van der Waals surface area contributed by atoms with Gasteiger partial charge in [0.05, 0.1) is 5.69 Å². The van der Waals surface area contributed by atoms with E-state index in [0.29, 0.717) is 0 Å². The summed E-state index contributed by atoms with van der Waals surface area (Å²) in [5.74, 6) is 0. The third-order valence-electron chi connectivity index (χ3n) is 2.28. The summed E-state index contributed by atoms with van der Waals surface area (Å²) in [6.45, 7) is 5.15. The maximum Gasteiger partial charge on any atom is 0.142 e. The molecule has 0 saturated heterocycles. The lowest BCUT2D eigenvalue weighted by Gasteiger charge is -2.07. The lowest BCUT2D eigenvalue weighted by Crippen LogP contribution is -2.17. The molecule has 16 heavy (non-hydrogen) atoms. The second kappa shape index (κ2) is 5.14. The molecule has 0 spiro atoms. The van der Waals surface area contributed by atoms with Gasteiger partial charge in [0.1, 0.15) is 17.0 Å². The standard InChI is InChI=1S/C11H14N4S/c1-3-13-8(2)10-6-16-11(15-10)9-4-5-12-7-14-9/h4-8,13H,3H2,1-2H3. The second-order valence-corrected chi connectivity index (χ2v) is 4.31. The Morgan fingerprint density at radius 2 is 2.38 bits per heavy atom. The minimum atomic E-state index is 0.289. The number of nitrogens with zero attached hydrogens (tertiary/aromatic N) is 3. The van der Waals surface area contributed by atoms with Crippen LogP contribution in [0.4, 0.5) is 0 Å². The minimum absolute atomic E-state index is 0.289. The summed E-state index contributed by atoms with van der Waals surface area (Å²) in [4.78, 5) is 12.6. The van der Waals surface area contributed by atoms with Crippen molar-refractivity contribution in [3.8, 4) is 10.7 Å². The highest BCUT2D eigenvalue weighted by Gasteiger charge is 2.10. The molecule has 0 aliphatic heterocycles. The summed E-state index contributed by atoms with van der Waals surface area (Å²) in [5, 5.41) is 6.36. The van der Waals surface area contributed by atoms with Crippen molar-refractivity contribution < 1.29 is 0 Å². The van der Waals surface area contributed by atoms with E-state index in [1.54, 1.807) is 23.9 Å². The Balaban J connectivity index is 2.20. The monoisotopic (exact) mass is 234 g/mol. The first-order valence-electron chi connectivity index (χ1n) is 5.26. The van der Waals surface area contributed by atoms with Crippen molar-refractivity contribution in [1.29, 1.82) is 0 Å². The van der Waals surface area contributed by atoms with Crippen LogP contribution in [0.15, 0.2) is 24.0 Å². The second-order valence-electron chi connectivity index (χ2n) is 3.45. The Bertz CT molecular complexity index is 440. The van der Waals surface area contributed by atoms with Gasteiger partial charge >= 0.3 is 0 Å². The number of thiazole rings is 1. The molecule has 0 radical (unpaired) electrons. The summed E-state index contributed by atoms with van der Waals surface area (Å²) < 4.78 is 0. The van der Waals surface area contributed by atoms with E-state index in [0.717, 1.165) is 22.9 Å². The van der Waals surface area contributed by atoms with Gasteiger partial charge in [-0.3, -0.25) is 0 Å². The lowest BCUT2D eigenvalue weighted by atomic mass is 10.2. The van der Waals surface area contributed by atoms with Crippen LogP contribution in [0.25, 0.3) is 10.7 Å². The number of hydrogen-bond donors (Lipinski definition) is 1. The average molecular weight is 234 g/mol. The molecular formula is C11H14N4S. The summed E-state index contributed by atoms with van der Waals surface area (Å²) >= 11 is 1.62. The average Bonchev–Trinajstić information content (AvgIpc) is 2.80. The zero-order valence-corrected chi connectivity index (χ0v) is 10.2. The molecule has 4 nitrogen and oxygen atoms in total. The molecule has 0 amide bonds. The Hall–Kier alpha value is -1.33. The highest BCUT2D eigenvalue weighted by molar-refractivity contribution is 7.13. The molecule has 0 bridgehead atoms. The van der Waals surface area contributed by atoms with E-state index in [4.69, 9.17) is 0 Å². The van der Waals surface area contributed by atoms with E-state index in [1.165, 1.54) is 0 Å². The van der Waals surface area contributed by atoms with Crippen LogP contribution >= 0.6 is 11.3 Å². The van der Waals surface area contributed by atoms with Gasteiger partial charge in [0.15, 0.2) is 0 Å². The minimum Gasteiger partial charge on any atom is -0.309 e. The molecule has 84 valence electrons. The fourth-order valence-electron chi connectivity index (χ4n) is 1.43. The Morgan fingerprint density at radius 1 is 1.50 bits per heavy atom. The molecule has 0 aliphatic rings. The molecule has 5 heteroatoms. The maximum absolute atomic E-state index is 4.56. The van der Waals surface area contributed by atoms with Gasteiger partial charge < -0.3 is 5.32 Å². The topological polar surface area (TPSA) is 50.7 Å². The van der Waals surface area contributed by atoms with E-state index in [9.17, 15) is 0 Å². The fourth-order valence-corrected chi connectivity index (χ4v) is 2.32. The number of aromatic nitrogens is 3. The van der Waals surface area contributed by atoms with Crippen LogP contribution in [0, 0.1) is 0 Å². The molecule has 0 aliphatic carbocycles. The van der Waals surface area contributed by atoms with Crippen molar-refractivity contribution in [1.82, 2.24) is 20.3 Å². The molecule has 1 unspecified atom stereocenters. The number of nitrogens with one attached hydrogen (secondary N) is 1. The van der Waals surface area contributed by atoms with Gasteiger partial charge in [-0.25, -0.2) is 15.0 Å². The van der Waals surface area contributed by atoms with Crippen molar-refractivity contribution >= 4 is 11.3 Å². The summed E-state index contributed by atoms with van der Waals surface area (Å²) in [6, 6.07) is 2.16. The van der Waals surface area contributed by atoms with Gasteiger partial charge in [0, 0.05) is 17.6 Å². The van der Waals surface area contributed by atoms with Gasteiger partial charge in [0.2, 0.25) is 0 Å². The smallest absolute Gasteiger partial charge is 0.142 e. The van der Waals surface area contributed by atoms with E-state index < -0.39 is 0 Å². The van der Waals surface area contributed by atoms with Crippen molar-refractivity contribution in [2.75, 3.05) is 6.54 Å². The normalized spacial score (nSPS) is 12.6. The zero-order chi connectivity index (χ0) is 11.4. The largest absolute Gasteiger partial charge is 0.309 e. The van der Waals surface area contributed by atoms with E-state index >= 15 is 0 Å². The molecule has 1 atom stereocenters. The SMILES string of the molecule is CCNC(C)c1csc(-c2ccncn2)n1. The van der Waals surface area contributed by atoms with Crippen LogP contribution in [-0.4, -0.2) is 21.5 Å². The van der Waals surface area contributed by atoms with Gasteiger partial charge in [0.25, 0.3) is 0 Å². The van der Waals surface area contributed by atoms with Gasteiger partial charge in [-0.15, -0.1) is 11.3 Å². The van der Waals surface area contributed by atoms with Crippen LogP contribution in [0.1, 0.15) is 25.6 Å². The van der Waals surface area contributed by atoms with Gasteiger partial charge in [-0.05, 0) is 19.5 Å². The van der Waals surface area contributed by atoms with Crippen molar-refractivity contribution in [3.05, 3.63) is 29.7 Å². The number of rotatable bonds is 4. The summed E-state index contributed by atoms with van der Waals surface area (Å²) in [6.07, 6.45) is 3.28. The molecular weight excluding hydrogens is 220 g/mol. The third-order valence-corrected chi connectivity index (χ3v) is 3.16. The highest BCUT2D eigenvalue weighted by atomic mass is 32.1. The van der Waals surface area contributed by atoms with Gasteiger partial charge in [-0.2, -0.15) is 0 Å². The van der Waals surface area contributed by atoms with E-state index in [-0.39, 0.29) is 6.04 Å². The maximum atomic E-state index is 4.56. The van der Waals surface area contributed by atoms with Crippen LogP contribution in [0.2, 0.25) is 0 Å². The Labute approximate surface area is 98.8 Å². The van der Waals surface area contributed by atoms with Crippen LogP contribution in [0.5, 0.6) is 0 Å². The Morgan fingerprint density at radius 3 is 3.06 bits per heavy atom. The van der Waals surface area contributed by atoms with Crippen molar-refractivity contribution in [2.45, 2.75) is 19.9 Å². The number of hydrogen-bond acceptors (Lipinski definition) is 5. The molecule has 2 rings (SSSR count). The highest BCUT2D eigenvalue weighted by Crippen LogP contribution is 2.23. The molecule has 1 N–H and O–H groups in total. The first kappa shape index (κ1) is 11.2. The molecule has 0 saturated carbocycles. The van der Waals surface area contributed by atoms with Crippen LogP contribution < -0.4 is 5.32 Å². The fraction of sp³-hybridized carbons (Fsp3) is 0.364. The van der Waals surface area contributed by atoms with Crippen molar-refractivity contribution in [3.63, 3.8) is 0 Å². The first-order valence-corrected chi connectivity index (χ1v) is 6.14. The van der Waals surface area contributed by atoms with Gasteiger partial charge in [-0.1, -0.05) is 6.92 Å². The molecule has 2 aromatic heterocycles. The predicted molar refractivity (Wildman–Crippen MR) is 65.2 cm³/mol. The van der Waals surface area contributed by atoms with E-state index in [1.807, 2.05) is 6.07 Å². The molecule has 0 aromatic carbocycles. The predicted octanol–water partition coefficient (Wildman–Crippen LogP) is 2.27. The Kier molecular flexibility index (Phi) is 3.58. The zero-order valence-electron chi connectivity index (χ0n) is 9.34. The lowest BCUT2D eigenvalue weighted by molar-refractivity contribution is 0.587. The molecule has 2 heterocycles. The third kappa shape index (κ3) is 2.43.